The summed E-state index contributed by atoms with van der Waals surface area (Å²) in [6, 6.07) is 8.86. The number of rotatable bonds is 4. The largest absolute Gasteiger partial charge is 0.476 e. The standard InChI is InChI=1S/C12H10F3N3O2/c13-12(14,15)10-9(11(19)20)16-17-18(10)7-6-8-4-2-1-3-5-8/h1-5H,6-7H2,(H,19,20). The number of hydrogen-bond acceptors (Lipinski definition) is 3. The van der Waals surface area contributed by atoms with E-state index < -0.39 is 23.5 Å². The van der Waals surface area contributed by atoms with Crippen molar-refractivity contribution in [3.8, 4) is 0 Å². The van der Waals surface area contributed by atoms with Gasteiger partial charge in [-0.15, -0.1) is 5.10 Å². The molecule has 0 saturated heterocycles. The highest BCUT2D eigenvalue weighted by Gasteiger charge is 2.41. The summed E-state index contributed by atoms with van der Waals surface area (Å²) in [7, 11) is 0. The molecule has 1 heterocycles. The molecule has 0 aliphatic carbocycles. The van der Waals surface area contributed by atoms with Gasteiger partial charge in [-0.25, -0.2) is 9.48 Å². The van der Waals surface area contributed by atoms with Crippen molar-refractivity contribution < 1.29 is 23.1 Å². The number of alkyl halides is 3. The molecule has 0 amide bonds. The predicted molar refractivity (Wildman–Crippen MR) is 62.1 cm³/mol. The van der Waals surface area contributed by atoms with Gasteiger partial charge in [-0.2, -0.15) is 13.2 Å². The number of aromatic carboxylic acids is 1. The van der Waals surface area contributed by atoms with E-state index in [-0.39, 0.29) is 6.54 Å². The van der Waals surface area contributed by atoms with Crippen molar-refractivity contribution in [1.29, 1.82) is 0 Å². The van der Waals surface area contributed by atoms with Crippen molar-refractivity contribution >= 4 is 5.97 Å². The minimum Gasteiger partial charge on any atom is -0.476 e. The third-order valence-corrected chi connectivity index (χ3v) is 2.66. The summed E-state index contributed by atoms with van der Waals surface area (Å²) >= 11 is 0. The smallest absolute Gasteiger partial charge is 0.435 e. The van der Waals surface area contributed by atoms with Gasteiger partial charge in [-0.1, -0.05) is 35.5 Å². The molecular formula is C12H10F3N3O2. The Morgan fingerprint density at radius 2 is 1.90 bits per heavy atom. The maximum absolute atomic E-state index is 12.9. The number of halogens is 3. The van der Waals surface area contributed by atoms with Crippen LogP contribution in [-0.4, -0.2) is 26.1 Å². The van der Waals surface area contributed by atoms with Crippen molar-refractivity contribution in [1.82, 2.24) is 15.0 Å². The first-order valence-electron chi connectivity index (χ1n) is 5.67. The molecule has 5 nitrogen and oxygen atoms in total. The average Bonchev–Trinajstić information content (AvgIpc) is 2.81. The Labute approximate surface area is 111 Å². The van der Waals surface area contributed by atoms with Crippen molar-refractivity contribution in [2.75, 3.05) is 0 Å². The first-order chi connectivity index (χ1) is 9.39. The van der Waals surface area contributed by atoms with Gasteiger partial charge in [0.15, 0.2) is 5.69 Å². The van der Waals surface area contributed by atoms with Gasteiger partial charge in [0.25, 0.3) is 0 Å². The molecule has 1 aromatic carbocycles. The molecule has 0 unspecified atom stereocenters. The maximum Gasteiger partial charge on any atom is 0.435 e. The van der Waals surface area contributed by atoms with Crippen LogP contribution in [0.2, 0.25) is 0 Å². The van der Waals surface area contributed by atoms with Gasteiger partial charge in [0.05, 0.1) is 0 Å². The summed E-state index contributed by atoms with van der Waals surface area (Å²) in [5, 5.41) is 15.1. The lowest BCUT2D eigenvalue weighted by Gasteiger charge is -2.10. The van der Waals surface area contributed by atoms with Crippen LogP contribution < -0.4 is 0 Å². The second kappa shape index (κ2) is 5.32. The second-order valence-electron chi connectivity index (χ2n) is 4.05. The fraction of sp³-hybridized carbons (Fsp3) is 0.250. The number of hydrogen-bond donors (Lipinski definition) is 1. The second-order valence-corrected chi connectivity index (χ2v) is 4.05. The van der Waals surface area contributed by atoms with E-state index in [9.17, 15) is 18.0 Å². The molecular weight excluding hydrogens is 275 g/mol. The summed E-state index contributed by atoms with van der Waals surface area (Å²) < 4.78 is 39.2. The number of carbonyl (C=O) groups is 1. The Hall–Kier alpha value is -2.38. The minimum atomic E-state index is -4.81. The van der Waals surface area contributed by atoms with Gasteiger partial charge in [-0.3, -0.25) is 0 Å². The number of carboxylic acid groups (broad SMARTS) is 1. The van der Waals surface area contributed by atoms with Gasteiger partial charge in [0.1, 0.15) is 0 Å². The molecule has 0 atom stereocenters. The fourth-order valence-electron chi connectivity index (χ4n) is 1.77. The van der Waals surface area contributed by atoms with E-state index in [1.165, 1.54) is 0 Å². The summed E-state index contributed by atoms with van der Waals surface area (Å²) in [4.78, 5) is 10.7. The van der Waals surface area contributed by atoms with Crippen molar-refractivity contribution in [3.05, 3.63) is 47.3 Å². The molecule has 106 valence electrons. The van der Waals surface area contributed by atoms with Gasteiger partial charge in [0.2, 0.25) is 5.69 Å². The number of carboxylic acids is 1. The Balaban J connectivity index is 2.26. The van der Waals surface area contributed by atoms with Crippen LogP contribution in [0.4, 0.5) is 13.2 Å². The van der Waals surface area contributed by atoms with Crippen LogP contribution >= 0.6 is 0 Å². The summed E-state index contributed by atoms with van der Waals surface area (Å²) in [6.07, 6.45) is -4.51. The highest BCUT2D eigenvalue weighted by molar-refractivity contribution is 5.86. The summed E-state index contributed by atoms with van der Waals surface area (Å²) in [6.45, 7) is -0.0981. The molecule has 1 aromatic heterocycles. The molecule has 8 heteroatoms. The quantitative estimate of drug-likeness (QED) is 0.935. The van der Waals surface area contributed by atoms with Crippen LogP contribution in [0.1, 0.15) is 21.7 Å². The Morgan fingerprint density at radius 1 is 1.25 bits per heavy atom. The van der Waals surface area contributed by atoms with Gasteiger partial charge in [0, 0.05) is 6.54 Å². The Bertz CT molecular complexity index is 608. The Kier molecular flexibility index (Phi) is 3.73. The zero-order chi connectivity index (χ0) is 14.8. The van der Waals surface area contributed by atoms with Gasteiger partial charge in [-0.05, 0) is 12.0 Å². The SMILES string of the molecule is O=C(O)c1nnn(CCc2ccccc2)c1C(F)(F)F. The van der Waals surface area contributed by atoms with Crippen LogP contribution in [0, 0.1) is 0 Å². The minimum absolute atomic E-state index is 0.0981. The van der Waals surface area contributed by atoms with Gasteiger partial charge >= 0.3 is 12.1 Å². The first kappa shape index (κ1) is 14.0. The van der Waals surface area contributed by atoms with E-state index in [4.69, 9.17) is 5.11 Å². The van der Waals surface area contributed by atoms with Crippen LogP contribution in [0.15, 0.2) is 30.3 Å². The number of aryl methyl sites for hydroxylation is 2. The first-order valence-corrected chi connectivity index (χ1v) is 5.67. The lowest BCUT2D eigenvalue weighted by molar-refractivity contribution is -0.144. The molecule has 0 aliphatic heterocycles. The van der Waals surface area contributed by atoms with Crippen molar-refractivity contribution in [2.24, 2.45) is 0 Å². The average molecular weight is 285 g/mol. The van der Waals surface area contributed by atoms with Crippen molar-refractivity contribution in [3.63, 3.8) is 0 Å². The zero-order valence-corrected chi connectivity index (χ0v) is 10.1. The zero-order valence-electron chi connectivity index (χ0n) is 10.1. The monoisotopic (exact) mass is 285 g/mol. The van der Waals surface area contributed by atoms with E-state index >= 15 is 0 Å². The number of benzene rings is 1. The fourth-order valence-corrected chi connectivity index (χ4v) is 1.77. The van der Waals surface area contributed by atoms with Gasteiger partial charge < -0.3 is 5.11 Å². The molecule has 0 radical (unpaired) electrons. The lowest BCUT2D eigenvalue weighted by atomic mass is 10.1. The van der Waals surface area contributed by atoms with E-state index in [1.54, 1.807) is 30.3 Å². The molecule has 2 aromatic rings. The van der Waals surface area contributed by atoms with E-state index in [0.717, 1.165) is 5.56 Å². The number of nitrogens with zero attached hydrogens (tertiary/aromatic N) is 3. The normalized spacial score (nSPS) is 11.6. The van der Waals surface area contributed by atoms with E-state index in [1.807, 2.05) is 0 Å². The van der Waals surface area contributed by atoms with Crippen LogP contribution in [0.5, 0.6) is 0 Å². The summed E-state index contributed by atoms with van der Waals surface area (Å²) in [5.74, 6) is -1.75. The maximum atomic E-state index is 12.9. The molecule has 0 spiro atoms. The highest BCUT2D eigenvalue weighted by atomic mass is 19.4. The third-order valence-electron chi connectivity index (χ3n) is 2.66. The lowest BCUT2D eigenvalue weighted by Crippen LogP contribution is -2.19. The molecule has 0 aliphatic rings. The Morgan fingerprint density at radius 3 is 2.45 bits per heavy atom. The topological polar surface area (TPSA) is 68.0 Å². The number of aromatic nitrogens is 3. The van der Waals surface area contributed by atoms with E-state index in [2.05, 4.69) is 10.3 Å². The van der Waals surface area contributed by atoms with Crippen LogP contribution in [0.3, 0.4) is 0 Å². The van der Waals surface area contributed by atoms with Crippen molar-refractivity contribution in [2.45, 2.75) is 19.1 Å². The van der Waals surface area contributed by atoms with Crippen LogP contribution in [-0.2, 0) is 19.1 Å². The molecule has 20 heavy (non-hydrogen) atoms. The molecule has 0 fully saturated rings. The molecule has 1 N–H and O–H groups in total. The third kappa shape index (κ3) is 2.95. The molecule has 2 rings (SSSR count). The van der Waals surface area contributed by atoms with E-state index in [0.29, 0.717) is 11.1 Å². The summed E-state index contributed by atoms with van der Waals surface area (Å²) in [5.41, 5.74) is -1.58. The predicted octanol–water partition coefficient (Wildman–Crippen LogP) is 2.24. The molecule has 0 saturated carbocycles. The van der Waals surface area contributed by atoms with Crippen LogP contribution in [0.25, 0.3) is 0 Å². The highest BCUT2D eigenvalue weighted by Crippen LogP contribution is 2.31. The molecule has 0 bridgehead atoms.